The van der Waals surface area contributed by atoms with Crippen molar-refractivity contribution in [1.29, 1.82) is 0 Å². The molecule has 6 heteroatoms. The molecule has 0 saturated heterocycles. The summed E-state index contributed by atoms with van der Waals surface area (Å²) in [6, 6.07) is 6.43. The van der Waals surface area contributed by atoms with E-state index in [1.807, 2.05) is 0 Å². The van der Waals surface area contributed by atoms with Gasteiger partial charge in [-0.3, -0.25) is 9.59 Å². The van der Waals surface area contributed by atoms with Crippen LogP contribution in [0.3, 0.4) is 0 Å². The molecule has 0 spiro atoms. The molecule has 2 amide bonds. The molecule has 122 valence electrons. The zero-order valence-corrected chi connectivity index (χ0v) is 13.4. The van der Waals surface area contributed by atoms with Crippen molar-refractivity contribution in [2.45, 2.75) is 26.3 Å². The Morgan fingerprint density at radius 2 is 1.82 bits per heavy atom. The zero-order valence-electron chi connectivity index (χ0n) is 13.4. The summed E-state index contributed by atoms with van der Waals surface area (Å²) in [5.41, 5.74) is 11.5. The van der Waals surface area contributed by atoms with Gasteiger partial charge in [-0.2, -0.15) is 0 Å². The van der Waals surface area contributed by atoms with Crippen LogP contribution in [-0.4, -0.2) is 43.0 Å². The molecule has 0 saturated carbocycles. The Morgan fingerprint density at radius 1 is 1.23 bits per heavy atom. The van der Waals surface area contributed by atoms with Crippen molar-refractivity contribution in [3.8, 4) is 5.75 Å². The third-order valence-electron chi connectivity index (χ3n) is 3.58. The lowest BCUT2D eigenvalue weighted by Gasteiger charge is -2.21. The maximum absolute atomic E-state index is 12.0. The predicted molar refractivity (Wildman–Crippen MR) is 85.5 cm³/mol. The van der Waals surface area contributed by atoms with Crippen molar-refractivity contribution >= 4 is 11.8 Å². The average Bonchev–Trinajstić information content (AvgIpc) is 2.49. The number of amides is 2. The largest absolute Gasteiger partial charge is 0.484 e. The minimum Gasteiger partial charge on any atom is -0.484 e. The van der Waals surface area contributed by atoms with Gasteiger partial charge >= 0.3 is 0 Å². The third kappa shape index (κ3) is 5.73. The molecule has 0 heterocycles. The van der Waals surface area contributed by atoms with Gasteiger partial charge in [0.1, 0.15) is 5.75 Å². The second-order valence-electron chi connectivity index (χ2n) is 5.69. The van der Waals surface area contributed by atoms with Crippen molar-refractivity contribution in [1.82, 2.24) is 4.90 Å². The average molecular weight is 307 g/mol. The highest BCUT2D eigenvalue weighted by molar-refractivity contribution is 5.92. The molecule has 1 atom stereocenters. The second-order valence-corrected chi connectivity index (χ2v) is 5.69. The summed E-state index contributed by atoms with van der Waals surface area (Å²) < 4.78 is 5.40. The molecule has 0 aliphatic carbocycles. The lowest BCUT2D eigenvalue weighted by Crippen LogP contribution is -2.36. The smallest absolute Gasteiger partial charge is 0.260 e. The first kappa shape index (κ1) is 18.0. The number of ether oxygens (including phenoxy) is 1. The van der Waals surface area contributed by atoms with Crippen LogP contribution < -0.4 is 16.2 Å². The normalized spacial score (nSPS) is 12.0. The summed E-state index contributed by atoms with van der Waals surface area (Å²) in [7, 11) is 1.73. The SMILES string of the molecule is CC(C)C(N)CCN(C)C(=O)COc1ccc(C(N)=O)cc1. The minimum absolute atomic E-state index is 0.0522. The van der Waals surface area contributed by atoms with Gasteiger partial charge in [-0.1, -0.05) is 13.8 Å². The van der Waals surface area contributed by atoms with Crippen LogP contribution in [-0.2, 0) is 4.79 Å². The molecule has 4 N–H and O–H groups in total. The summed E-state index contributed by atoms with van der Waals surface area (Å²) in [5.74, 6) is 0.299. The molecule has 0 fully saturated rings. The van der Waals surface area contributed by atoms with Gasteiger partial charge in [-0.05, 0) is 36.6 Å². The van der Waals surface area contributed by atoms with Gasteiger partial charge in [0.2, 0.25) is 5.91 Å². The summed E-state index contributed by atoms with van der Waals surface area (Å²) in [6.07, 6.45) is 0.757. The quantitative estimate of drug-likeness (QED) is 0.748. The summed E-state index contributed by atoms with van der Waals surface area (Å²) in [5, 5.41) is 0. The van der Waals surface area contributed by atoms with Crippen LogP contribution in [0.15, 0.2) is 24.3 Å². The van der Waals surface area contributed by atoms with E-state index in [-0.39, 0.29) is 18.6 Å². The number of benzene rings is 1. The Labute approximate surface area is 131 Å². The molecule has 1 aromatic rings. The fourth-order valence-electron chi connectivity index (χ4n) is 1.77. The summed E-state index contributed by atoms with van der Waals surface area (Å²) in [4.78, 5) is 24.5. The van der Waals surface area contributed by atoms with Crippen LogP contribution in [0.2, 0.25) is 0 Å². The van der Waals surface area contributed by atoms with Gasteiger partial charge in [0.15, 0.2) is 6.61 Å². The third-order valence-corrected chi connectivity index (χ3v) is 3.58. The molecule has 0 aliphatic rings. The van der Waals surface area contributed by atoms with Crippen molar-refractivity contribution in [3.63, 3.8) is 0 Å². The molecule has 1 unspecified atom stereocenters. The topological polar surface area (TPSA) is 98.7 Å². The Bertz CT molecular complexity index is 500. The van der Waals surface area contributed by atoms with Gasteiger partial charge in [0.25, 0.3) is 5.91 Å². The van der Waals surface area contributed by atoms with E-state index in [9.17, 15) is 9.59 Å². The number of likely N-dealkylation sites (N-methyl/N-ethyl adjacent to an activating group) is 1. The highest BCUT2D eigenvalue weighted by Crippen LogP contribution is 2.12. The number of nitrogens with zero attached hydrogens (tertiary/aromatic N) is 1. The molecule has 6 nitrogen and oxygen atoms in total. The van der Waals surface area contributed by atoms with E-state index < -0.39 is 5.91 Å². The zero-order chi connectivity index (χ0) is 16.7. The Balaban J connectivity index is 2.40. The fourth-order valence-corrected chi connectivity index (χ4v) is 1.77. The van der Waals surface area contributed by atoms with Crippen molar-refractivity contribution in [2.75, 3.05) is 20.2 Å². The molecule has 1 aromatic carbocycles. The number of hydrogen-bond acceptors (Lipinski definition) is 4. The van der Waals surface area contributed by atoms with Crippen LogP contribution in [0.25, 0.3) is 0 Å². The monoisotopic (exact) mass is 307 g/mol. The Morgan fingerprint density at radius 3 is 2.32 bits per heavy atom. The minimum atomic E-state index is -0.496. The first-order chi connectivity index (χ1) is 10.3. The molecular weight excluding hydrogens is 282 g/mol. The number of hydrogen-bond donors (Lipinski definition) is 2. The Kier molecular flexibility index (Phi) is 6.85. The number of carbonyl (C=O) groups excluding carboxylic acids is 2. The van der Waals surface area contributed by atoms with E-state index >= 15 is 0 Å². The molecule has 0 aromatic heterocycles. The van der Waals surface area contributed by atoms with Gasteiger partial charge in [0.05, 0.1) is 0 Å². The maximum Gasteiger partial charge on any atom is 0.260 e. The highest BCUT2D eigenvalue weighted by atomic mass is 16.5. The summed E-state index contributed by atoms with van der Waals surface area (Å²) >= 11 is 0. The van der Waals surface area contributed by atoms with Crippen molar-refractivity contribution < 1.29 is 14.3 Å². The van der Waals surface area contributed by atoms with Gasteiger partial charge in [0, 0.05) is 25.2 Å². The molecule has 0 bridgehead atoms. The van der Waals surface area contributed by atoms with Crippen LogP contribution in [0.4, 0.5) is 0 Å². The van der Waals surface area contributed by atoms with E-state index in [1.165, 1.54) is 0 Å². The van der Waals surface area contributed by atoms with Crippen LogP contribution >= 0.6 is 0 Å². The number of rotatable bonds is 8. The van der Waals surface area contributed by atoms with E-state index in [0.29, 0.717) is 23.8 Å². The van der Waals surface area contributed by atoms with E-state index in [2.05, 4.69) is 13.8 Å². The highest BCUT2D eigenvalue weighted by Gasteiger charge is 2.13. The maximum atomic E-state index is 12.0. The lowest BCUT2D eigenvalue weighted by molar-refractivity contribution is -0.132. The Hall–Kier alpha value is -2.08. The summed E-state index contributed by atoms with van der Waals surface area (Å²) in [6.45, 7) is 4.67. The van der Waals surface area contributed by atoms with Gasteiger partial charge < -0.3 is 21.1 Å². The molecule has 22 heavy (non-hydrogen) atoms. The first-order valence-corrected chi connectivity index (χ1v) is 7.33. The van der Waals surface area contributed by atoms with Crippen LogP contribution in [0.1, 0.15) is 30.6 Å². The number of carbonyl (C=O) groups is 2. The first-order valence-electron chi connectivity index (χ1n) is 7.33. The van der Waals surface area contributed by atoms with Gasteiger partial charge in [-0.25, -0.2) is 0 Å². The second kappa shape index (κ2) is 8.38. The molecule has 0 aliphatic heterocycles. The van der Waals surface area contributed by atoms with Crippen LogP contribution in [0.5, 0.6) is 5.75 Å². The van der Waals surface area contributed by atoms with E-state index in [4.69, 9.17) is 16.2 Å². The standard InChI is InChI=1S/C16H25N3O3/c1-11(2)14(17)8-9-19(3)15(20)10-22-13-6-4-12(5-7-13)16(18)21/h4-7,11,14H,8-10,17H2,1-3H3,(H2,18,21). The predicted octanol–water partition coefficient (Wildman–Crippen LogP) is 0.996. The van der Waals surface area contributed by atoms with E-state index in [1.54, 1.807) is 36.2 Å². The molecular formula is C16H25N3O3. The van der Waals surface area contributed by atoms with Crippen LogP contribution in [0, 0.1) is 5.92 Å². The van der Waals surface area contributed by atoms with E-state index in [0.717, 1.165) is 6.42 Å². The molecule has 0 radical (unpaired) electrons. The van der Waals surface area contributed by atoms with Gasteiger partial charge in [-0.15, -0.1) is 0 Å². The number of primary amides is 1. The van der Waals surface area contributed by atoms with Crippen molar-refractivity contribution in [3.05, 3.63) is 29.8 Å². The lowest BCUT2D eigenvalue weighted by atomic mass is 10.0. The number of nitrogens with two attached hydrogens (primary N) is 2. The fraction of sp³-hybridized carbons (Fsp3) is 0.500. The van der Waals surface area contributed by atoms with Crippen molar-refractivity contribution in [2.24, 2.45) is 17.4 Å². The molecule has 1 rings (SSSR count).